The van der Waals surface area contributed by atoms with Crippen LogP contribution in [0.2, 0.25) is 0 Å². The highest BCUT2D eigenvalue weighted by atomic mass is 16.4. The molecule has 182 valence electrons. The molecule has 0 saturated carbocycles. The first-order chi connectivity index (χ1) is 17.8. The van der Waals surface area contributed by atoms with Crippen molar-refractivity contribution < 1.29 is 34.4 Å². The first kappa shape index (κ1) is 23.3. The number of carbonyl (C=O) groups is 2. The van der Waals surface area contributed by atoms with Crippen molar-refractivity contribution in [3.63, 3.8) is 0 Å². The van der Waals surface area contributed by atoms with Gasteiger partial charge in [-0.2, -0.15) is 0 Å². The molecule has 0 unspecified atom stereocenters. The average molecular weight is 494 g/mol. The van der Waals surface area contributed by atoms with Gasteiger partial charge in [0.05, 0.1) is 11.1 Å². The summed E-state index contributed by atoms with van der Waals surface area (Å²) in [6.07, 6.45) is 0. The van der Waals surface area contributed by atoms with Crippen molar-refractivity contribution in [1.82, 2.24) is 10.2 Å². The highest BCUT2D eigenvalue weighted by Crippen LogP contribution is 2.43. The van der Waals surface area contributed by atoms with E-state index in [9.17, 15) is 24.9 Å². The summed E-state index contributed by atoms with van der Waals surface area (Å²) in [5, 5.41) is 47.7. The maximum Gasteiger partial charge on any atom is 0.336 e. The topological polar surface area (TPSA) is 154 Å². The Kier molecular flexibility index (Phi) is 5.86. The third-order valence-corrected chi connectivity index (χ3v) is 5.74. The van der Waals surface area contributed by atoms with Gasteiger partial charge in [0.1, 0.15) is 11.5 Å². The van der Waals surface area contributed by atoms with Gasteiger partial charge in [-0.3, -0.25) is 0 Å². The summed E-state index contributed by atoms with van der Waals surface area (Å²) < 4.78 is 5.93. The Balaban J connectivity index is 1.75. The molecule has 4 aromatic carbocycles. The minimum absolute atomic E-state index is 0.0308. The highest BCUT2D eigenvalue weighted by Gasteiger charge is 2.24. The van der Waals surface area contributed by atoms with Crippen LogP contribution in [0.5, 0.6) is 11.5 Å². The van der Waals surface area contributed by atoms with Crippen LogP contribution in [0, 0.1) is 0 Å². The Bertz CT molecular complexity index is 1660. The fraction of sp³-hybridized carbons (Fsp3) is 0. The number of carboxylic acids is 2. The number of hydrogen-bond acceptors (Lipinski definition) is 7. The number of aromatic hydroxyl groups is 2. The predicted octanol–water partition coefficient (Wildman–Crippen LogP) is 5.55. The summed E-state index contributed by atoms with van der Waals surface area (Å²) in [4.78, 5) is 23.4. The van der Waals surface area contributed by atoms with Gasteiger partial charge in [0.25, 0.3) is 0 Å². The molecule has 0 amide bonds. The molecule has 1 aromatic heterocycles. The zero-order valence-electron chi connectivity index (χ0n) is 19.0. The van der Waals surface area contributed by atoms with E-state index in [0.717, 1.165) is 0 Å². The summed E-state index contributed by atoms with van der Waals surface area (Å²) in [7, 11) is 0. The predicted molar refractivity (Wildman–Crippen MR) is 133 cm³/mol. The number of phenols is 2. The molecule has 0 atom stereocenters. The van der Waals surface area contributed by atoms with Gasteiger partial charge in [0, 0.05) is 22.3 Å². The van der Waals surface area contributed by atoms with Gasteiger partial charge in [-0.1, -0.05) is 24.3 Å². The number of nitrogens with zero attached hydrogens (tertiary/aromatic N) is 2. The third-order valence-electron chi connectivity index (χ3n) is 5.74. The van der Waals surface area contributed by atoms with Crippen LogP contribution in [0.3, 0.4) is 0 Å². The SMILES string of the molecule is O=C(O)c1ccc(-c2nnc(-c3ccc(C(=O)O)c(-c4cccc(O)c4)c3-c3cccc(O)c3)o2)cc1. The number of benzene rings is 4. The standard InChI is InChI=1S/C28H18N2O7/c31-19-5-1-3-17(13-19)23-21(11-12-22(28(35)36)24(23)18-4-2-6-20(32)14-18)26-30-29-25(37-26)15-7-9-16(10-8-15)27(33)34/h1-14,31-32H,(H,33,34)(H,35,36). The highest BCUT2D eigenvalue weighted by molar-refractivity contribution is 6.05. The van der Waals surface area contributed by atoms with Crippen molar-refractivity contribution in [2.24, 2.45) is 0 Å². The molecule has 0 fully saturated rings. The fourth-order valence-electron chi connectivity index (χ4n) is 4.09. The molecule has 0 aliphatic carbocycles. The number of rotatable bonds is 6. The van der Waals surface area contributed by atoms with Gasteiger partial charge in [0.2, 0.25) is 11.8 Å². The van der Waals surface area contributed by atoms with Crippen LogP contribution in [0.1, 0.15) is 20.7 Å². The molecule has 9 nitrogen and oxygen atoms in total. The number of aromatic carboxylic acids is 2. The Hall–Kier alpha value is -5.44. The number of phenolic OH excluding ortho intramolecular Hbond substituents is 2. The van der Waals surface area contributed by atoms with Gasteiger partial charge in [-0.05, 0) is 71.8 Å². The average Bonchev–Trinajstić information content (AvgIpc) is 3.38. The molecule has 0 bridgehead atoms. The third kappa shape index (κ3) is 4.48. The van der Waals surface area contributed by atoms with Crippen molar-refractivity contribution in [3.05, 3.63) is 96.1 Å². The lowest BCUT2D eigenvalue weighted by atomic mass is 9.86. The van der Waals surface area contributed by atoms with E-state index in [-0.39, 0.29) is 40.0 Å². The second kappa shape index (κ2) is 9.31. The van der Waals surface area contributed by atoms with Crippen molar-refractivity contribution in [3.8, 4) is 56.7 Å². The second-order valence-electron chi connectivity index (χ2n) is 8.11. The molecule has 9 heteroatoms. The molecule has 0 radical (unpaired) electrons. The van der Waals surface area contributed by atoms with Crippen LogP contribution in [0.25, 0.3) is 45.2 Å². The molecule has 0 aliphatic heterocycles. The number of aromatic nitrogens is 2. The zero-order valence-corrected chi connectivity index (χ0v) is 19.0. The van der Waals surface area contributed by atoms with Crippen molar-refractivity contribution >= 4 is 11.9 Å². The Labute approximate surface area is 209 Å². The maximum absolute atomic E-state index is 12.2. The number of hydrogen-bond donors (Lipinski definition) is 4. The largest absolute Gasteiger partial charge is 0.508 e. The molecule has 0 aliphatic rings. The zero-order chi connectivity index (χ0) is 26.1. The van der Waals surface area contributed by atoms with E-state index >= 15 is 0 Å². The molecule has 0 saturated heterocycles. The lowest BCUT2D eigenvalue weighted by molar-refractivity contribution is 0.0686. The van der Waals surface area contributed by atoms with E-state index < -0.39 is 11.9 Å². The smallest absolute Gasteiger partial charge is 0.336 e. The quantitative estimate of drug-likeness (QED) is 0.238. The molecular weight excluding hydrogens is 476 g/mol. The fourth-order valence-corrected chi connectivity index (χ4v) is 4.09. The van der Waals surface area contributed by atoms with Crippen LogP contribution in [-0.4, -0.2) is 42.6 Å². The molecule has 5 rings (SSSR count). The van der Waals surface area contributed by atoms with Gasteiger partial charge in [-0.15, -0.1) is 10.2 Å². The van der Waals surface area contributed by atoms with E-state index in [4.69, 9.17) is 9.52 Å². The molecule has 4 N–H and O–H groups in total. The minimum Gasteiger partial charge on any atom is -0.508 e. The van der Waals surface area contributed by atoms with Crippen LogP contribution in [0.4, 0.5) is 0 Å². The van der Waals surface area contributed by atoms with E-state index in [2.05, 4.69) is 10.2 Å². The van der Waals surface area contributed by atoms with Gasteiger partial charge >= 0.3 is 11.9 Å². The van der Waals surface area contributed by atoms with Crippen molar-refractivity contribution in [2.75, 3.05) is 0 Å². The Morgan fingerprint density at radius 3 is 1.78 bits per heavy atom. The molecule has 1 heterocycles. The number of carboxylic acid groups (broad SMARTS) is 2. The Morgan fingerprint density at radius 1 is 0.622 bits per heavy atom. The lowest BCUT2D eigenvalue weighted by Gasteiger charge is -2.17. The van der Waals surface area contributed by atoms with Crippen LogP contribution in [0.15, 0.2) is 89.3 Å². The van der Waals surface area contributed by atoms with Gasteiger partial charge < -0.3 is 24.8 Å². The molecular formula is C28H18N2O7. The van der Waals surface area contributed by atoms with Crippen LogP contribution >= 0.6 is 0 Å². The summed E-state index contributed by atoms with van der Waals surface area (Å²) in [5.74, 6) is -2.12. The van der Waals surface area contributed by atoms with Gasteiger partial charge in [0.15, 0.2) is 0 Å². The molecule has 5 aromatic rings. The van der Waals surface area contributed by atoms with Crippen molar-refractivity contribution in [1.29, 1.82) is 0 Å². The van der Waals surface area contributed by atoms with E-state index in [1.54, 1.807) is 42.5 Å². The lowest BCUT2D eigenvalue weighted by Crippen LogP contribution is -2.03. The first-order valence-electron chi connectivity index (χ1n) is 11.0. The Morgan fingerprint density at radius 2 is 1.22 bits per heavy atom. The second-order valence-corrected chi connectivity index (χ2v) is 8.11. The summed E-state index contributed by atoms with van der Waals surface area (Å²) in [6, 6.07) is 21.4. The summed E-state index contributed by atoms with van der Waals surface area (Å²) in [5.41, 5.74) is 2.58. The summed E-state index contributed by atoms with van der Waals surface area (Å²) in [6.45, 7) is 0. The monoisotopic (exact) mass is 494 g/mol. The van der Waals surface area contributed by atoms with Crippen molar-refractivity contribution in [2.45, 2.75) is 0 Å². The minimum atomic E-state index is -1.18. The van der Waals surface area contributed by atoms with Crippen LogP contribution in [-0.2, 0) is 0 Å². The summed E-state index contributed by atoms with van der Waals surface area (Å²) >= 11 is 0. The van der Waals surface area contributed by atoms with E-state index in [1.165, 1.54) is 42.5 Å². The normalized spacial score (nSPS) is 10.8. The first-order valence-corrected chi connectivity index (χ1v) is 11.0. The molecule has 0 spiro atoms. The maximum atomic E-state index is 12.2. The van der Waals surface area contributed by atoms with E-state index in [1.807, 2.05) is 0 Å². The molecule has 37 heavy (non-hydrogen) atoms. The van der Waals surface area contributed by atoms with Crippen LogP contribution < -0.4 is 0 Å². The van der Waals surface area contributed by atoms with E-state index in [0.29, 0.717) is 27.8 Å². The van der Waals surface area contributed by atoms with Gasteiger partial charge in [-0.25, -0.2) is 9.59 Å².